The summed E-state index contributed by atoms with van der Waals surface area (Å²) in [6.45, 7) is 3.96. The largest absolute Gasteiger partial charge is 0.446 e. The Kier molecular flexibility index (Phi) is 7.06. The van der Waals surface area contributed by atoms with E-state index < -0.39 is 24.9 Å². The van der Waals surface area contributed by atoms with Gasteiger partial charge < -0.3 is 15.4 Å². The number of hydrogen-bond acceptors (Lipinski definition) is 3. The molecule has 5 nitrogen and oxygen atoms in total. The molecule has 1 rings (SSSR count). The van der Waals surface area contributed by atoms with Crippen LogP contribution in [0.15, 0.2) is 24.3 Å². The van der Waals surface area contributed by atoms with Crippen molar-refractivity contribution in [3.8, 4) is 0 Å². The van der Waals surface area contributed by atoms with E-state index in [1.807, 2.05) is 19.1 Å². The molecule has 134 valence electrons. The fraction of sp³-hybridized carbons (Fsp3) is 0.500. The van der Waals surface area contributed by atoms with Gasteiger partial charge in [0.1, 0.15) is 12.6 Å². The Morgan fingerprint density at radius 1 is 1.12 bits per heavy atom. The molecule has 2 amide bonds. The number of carbonyl (C=O) groups is 2. The average Bonchev–Trinajstić information content (AvgIpc) is 2.50. The highest BCUT2D eigenvalue weighted by Crippen LogP contribution is 2.13. The van der Waals surface area contributed by atoms with Crippen molar-refractivity contribution in [1.82, 2.24) is 10.6 Å². The van der Waals surface area contributed by atoms with E-state index in [0.29, 0.717) is 5.56 Å². The molecule has 2 N–H and O–H groups in total. The summed E-state index contributed by atoms with van der Waals surface area (Å²) in [6.07, 6.45) is -6.29. The third-order valence-corrected chi connectivity index (χ3v) is 3.43. The van der Waals surface area contributed by atoms with Crippen LogP contribution in [0.4, 0.5) is 18.0 Å². The first-order valence-corrected chi connectivity index (χ1v) is 7.44. The van der Waals surface area contributed by atoms with Gasteiger partial charge in [-0.15, -0.1) is 0 Å². The summed E-state index contributed by atoms with van der Waals surface area (Å²) in [5.74, 6) is -0.536. The van der Waals surface area contributed by atoms with Gasteiger partial charge >= 0.3 is 12.3 Å². The fourth-order valence-corrected chi connectivity index (χ4v) is 1.73. The van der Waals surface area contributed by atoms with Gasteiger partial charge in [-0.25, -0.2) is 4.79 Å². The molecular formula is C16H21F3N2O3. The van der Waals surface area contributed by atoms with Crippen molar-refractivity contribution in [2.45, 2.75) is 33.1 Å². The van der Waals surface area contributed by atoms with E-state index >= 15 is 0 Å². The lowest BCUT2D eigenvalue weighted by Crippen LogP contribution is -2.39. The number of hydrogen-bond donors (Lipinski definition) is 2. The maximum Gasteiger partial charge on any atom is 0.407 e. The molecule has 0 saturated carbocycles. The molecule has 0 spiro atoms. The second-order valence-corrected chi connectivity index (χ2v) is 5.63. The van der Waals surface area contributed by atoms with Crippen LogP contribution in [0.3, 0.4) is 0 Å². The van der Waals surface area contributed by atoms with Crippen molar-refractivity contribution in [3.05, 3.63) is 35.4 Å². The van der Waals surface area contributed by atoms with Crippen molar-refractivity contribution in [2.24, 2.45) is 5.92 Å². The first-order valence-electron chi connectivity index (χ1n) is 7.44. The van der Waals surface area contributed by atoms with Crippen LogP contribution in [0.5, 0.6) is 0 Å². The van der Waals surface area contributed by atoms with Crippen LogP contribution in [0.25, 0.3) is 0 Å². The number of benzene rings is 1. The summed E-state index contributed by atoms with van der Waals surface area (Å²) in [7, 11) is 0. The van der Waals surface area contributed by atoms with Gasteiger partial charge in [0.2, 0.25) is 0 Å². The first kappa shape index (κ1) is 19.8. The monoisotopic (exact) mass is 346 g/mol. The van der Waals surface area contributed by atoms with Crippen LogP contribution < -0.4 is 10.6 Å². The lowest BCUT2D eigenvalue weighted by atomic mass is 10.1. The van der Waals surface area contributed by atoms with E-state index in [4.69, 9.17) is 4.74 Å². The van der Waals surface area contributed by atoms with Crippen LogP contribution in [-0.4, -0.2) is 37.4 Å². The first-order chi connectivity index (χ1) is 11.1. The molecule has 0 radical (unpaired) electrons. The number of alkyl carbamates (subject to hydrolysis) is 1. The summed E-state index contributed by atoms with van der Waals surface area (Å²) >= 11 is 0. The summed E-state index contributed by atoms with van der Waals surface area (Å²) in [5, 5.41) is 4.33. The smallest absolute Gasteiger partial charge is 0.407 e. The van der Waals surface area contributed by atoms with Crippen LogP contribution in [-0.2, 0) is 4.74 Å². The number of carbonyl (C=O) groups excluding carboxylic acids is 2. The van der Waals surface area contributed by atoms with Crippen LogP contribution >= 0.6 is 0 Å². The normalized spacial score (nSPS) is 13.8. The molecule has 24 heavy (non-hydrogen) atoms. The minimum Gasteiger partial charge on any atom is -0.446 e. The molecule has 0 saturated heterocycles. The highest BCUT2D eigenvalue weighted by Gasteiger charge is 2.28. The number of amides is 2. The Bertz CT molecular complexity index is 559. The molecule has 8 heteroatoms. The maximum absolute atomic E-state index is 12.0. The molecule has 0 aliphatic heterocycles. The quantitative estimate of drug-likeness (QED) is 0.832. The van der Waals surface area contributed by atoms with E-state index in [-0.39, 0.29) is 18.4 Å². The van der Waals surface area contributed by atoms with E-state index in [2.05, 4.69) is 5.32 Å². The highest BCUT2D eigenvalue weighted by atomic mass is 19.4. The van der Waals surface area contributed by atoms with Crippen molar-refractivity contribution in [2.75, 3.05) is 13.1 Å². The van der Waals surface area contributed by atoms with E-state index in [1.54, 1.807) is 31.3 Å². The molecule has 0 aliphatic carbocycles. The maximum atomic E-state index is 12.0. The third-order valence-electron chi connectivity index (χ3n) is 3.43. The van der Waals surface area contributed by atoms with Crippen molar-refractivity contribution in [3.63, 3.8) is 0 Å². The van der Waals surface area contributed by atoms with E-state index in [1.165, 1.54) is 0 Å². The number of halogens is 3. The van der Waals surface area contributed by atoms with Gasteiger partial charge in [-0.1, -0.05) is 24.6 Å². The minimum absolute atomic E-state index is 0.223. The topological polar surface area (TPSA) is 67.4 Å². The Morgan fingerprint density at radius 3 is 2.25 bits per heavy atom. The predicted octanol–water partition coefficient (Wildman–Crippen LogP) is 3.04. The number of alkyl halides is 3. The van der Waals surface area contributed by atoms with Gasteiger partial charge in [-0.05, 0) is 26.0 Å². The lowest BCUT2D eigenvalue weighted by Gasteiger charge is -2.21. The zero-order valence-corrected chi connectivity index (χ0v) is 13.7. The van der Waals surface area contributed by atoms with Crippen LogP contribution in [0, 0.1) is 12.8 Å². The average molecular weight is 346 g/mol. The summed E-state index contributed by atoms with van der Waals surface area (Å²) in [4.78, 5) is 23.2. The molecule has 0 bridgehead atoms. The number of aryl methyl sites for hydroxylation is 1. The molecule has 0 aromatic heterocycles. The van der Waals surface area contributed by atoms with Crippen molar-refractivity contribution in [1.29, 1.82) is 0 Å². The molecule has 0 aliphatic rings. The molecule has 2 unspecified atom stereocenters. The van der Waals surface area contributed by atoms with Gasteiger partial charge in [0.15, 0.2) is 0 Å². The standard InChI is InChI=1S/C16H21F3N2O3/c1-10-4-6-13(7-5-10)14(22)20-8-11(2)12(3)24-15(23)21-9-16(17,18)19/h4-7,11-12H,8-9H2,1-3H3,(H,20,22)(H,21,23). The molecule has 0 fully saturated rings. The van der Waals surface area contributed by atoms with Gasteiger partial charge in [0.05, 0.1) is 0 Å². The van der Waals surface area contributed by atoms with Gasteiger partial charge in [-0.2, -0.15) is 13.2 Å². The second kappa shape index (κ2) is 8.56. The fourth-order valence-electron chi connectivity index (χ4n) is 1.73. The number of rotatable bonds is 6. The Hall–Kier alpha value is -2.25. The number of nitrogens with one attached hydrogen (secondary N) is 2. The van der Waals surface area contributed by atoms with Gasteiger partial charge in [0, 0.05) is 18.0 Å². The molecular weight excluding hydrogens is 325 g/mol. The Balaban J connectivity index is 2.38. The number of ether oxygens (including phenoxy) is 1. The van der Waals surface area contributed by atoms with Crippen molar-refractivity contribution < 1.29 is 27.5 Å². The zero-order chi connectivity index (χ0) is 18.3. The zero-order valence-electron chi connectivity index (χ0n) is 13.7. The third kappa shape index (κ3) is 7.34. The summed E-state index contributed by atoms with van der Waals surface area (Å²) in [5.41, 5.74) is 1.54. The van der Waals surface area contributed by atoms with Gasteiger partial charge in [0.25, 0.3) is 5.91 Å². The lowest BCUT2D eigenvalue weighted by molar-refractivity contribution is -0.124. The van der Waals surface area contributed by atoms with Crippen molar-refractivity contribution >= 4 is 12.0 Å². The summed E-state index contributed by atoms with van der Waals surface area (Å²) in [6, 6.07) is 7.02. The van der Waals surface area contributed by atoms with E-state index in [9.17, 15) is 22.8 Å². The molecule has 1 aromatic rings. The highest BCUT2D eigenvalue weighted by molar-refractivity contribution is 5.94. The second-order valence-electron chi connectivity index (χ2n) is 5.63. The van der Waals surface area contributed by atoms with Crippen LogP contribution in [0.2, 0.25) is 0 Å². The van der Waals surface area contributed by atoms with Gasteiger partial charge in [-0.3, -0.25) is 4.79 Å². The molecule has 0 heterocycles. The minimum atomic E-state index is -4.49. The predicted molar refractivity (Wildman–Crippen MR) is 82.7 cm³/mol. The Morgan fingerprint density at radius 2 is 1.71 bits per heavy atom. The van der Waals surface area contributed by atoms with Crippen LogP contribution in [0.1, 0.15) is 29.8 Å². The summed E-state index contributed by atoms with van der Waals surface area (Å²) < 4.78 is 40.8. The molecule has 2 atom stereocenters. The molecule has 1 aromatic carbocycles. The SMILES string of the molecule is Cc1ccc(C(=O)NCC(C)C(C)OC(=O)NCC(F)(F)F)cc1. The Labute approximate surface area is 138 Å². The van der Waals surface area contributed by atoms with E-state index in [0.717, 1.165) is 5.56 Å².